The van der Waals surface area contributed by atoms with Gasteiger partial charge in [-0.15, -0.1) is 0 Å². The number of carbonyl (C=O) groups is 1. The molecule has 1 aliphatic rings. The van der Waals surface area contributed by atoms with Gasteiger partial charge in [0.25, 0.3) is 0 Å². The van der Waals surface area contributed by atoms with Crippen molar-refractivity contribution < 1.29 is 4.79 Å². The van der Waals surface area contributed by atoms with Crippen molar-refractivity contribution in [3.05, 3.63) is 48.0 Å². The highest BCUT2D eigenvalue weighted by atomic mass is 16.1. The van der Waals surface area contributed by atoms with E-state index in [1.807, 2.05) is 25.1 Å². The van der Waals surface area contributed by atoms with Gasteiger partial charge < -0.3 is 5.73 Å². The fraction of sp³-hybridized carbons (Fsp3) is 0.389. The molecular formula is C18H22N2O. The van der Waals surface area contributed by atoms with Crippen LogP contribution in [0, 0.1) is 0 Å². The summed E-state index contributed by atoms with van der Waals surface area (Å²) < 4.78 is 0. The van der Waals surface area contributed by atoms with Crippen molar-refractivity contribution in [2.75, 3.05) is 0 Å². The number of rotatable bonds is 4. The minimum atomic E-state index is -0.807. The van der Waals surface area contributed by atoms with Crippen LogP contribution < -0.4 is 11.1 Å². The fourth-order valence-corrected chi connectivity index (χ4v) is 3.28. The van der Waals surface area contributed by atoms with Gasteiger partial charge in [0.2, 0.25) is 5.91 Å². The van der Waals surface area contributed by atoms with Crippen molar-refractivity contribution in [1.29, 1.82) is 0 Å². The molecule has 2 aromatic rings. The highest BCUT2D eigenvalue weighted by Crippen LogP contribution is 2.28. The van der Waals surface area contributed by atoms with Crippen LogP contribution in [0.4, 0.5) is 0 Å². The summed E-state index contributed by atoms with van der Waals surface area (Å²) in [6, 6.07) is 14.7. The highest BCUT2D eigenvalue weighted by Gasteiger charge is 2.36. The molecule has 2 aromatic carbocycles. The Bertz CT molecular complexity index is 661. The minimum Gasteiger partial charge on any atom is -0.368 e. The zero-order valence-electron chi connectivity index (χ0n) is 12.4. The number of amides is 1. The Labute approximate surface area is 125 Å². The molecule has 0 radical (unpaired) electrons. The number of nitrogens with two attached hydrogens (primary N) is 1. The maximum Gasteiger partial charge on any atom is 0.242 e. The summed E-state index contributed by atoms with van der Waals surface area (Å²) in [6.45, 7) is 1.90. The molecule has 0 saturated heterocycles. The first kappa shape index (κ1) is 14.1. The molecule has 1 atom stereocenters. The third-order valence-corrected chi connectivity index (χ3v) is 4.67. The van der Waals surface area contributed by atoms with Gasteiger partial charge >= 0.3 is 0 Å². The van der Waals surface area contributed by atoms with Crippen LogP contribution in [-0.2, 0) is 10.3 Å². The van der Waals surface area contributed by atoms with Gasteiger partial charge in [0.05, 0.1) is 0 Å². The van der Waals surface area contributed by atoms with Crippen molar-refractivity contribution >= 4 is 16.7 Å². The van der Waals surface area contributed by atoms with Gasteiger partial charge in [-0.1, -0.05) is 49.2 Å². The van der Waals surface area contributed by atoms with E-state index in [0.717, 1.165) is 23.8 Å². The quantitative estimate of drug-likeness (QED) is 0.905. The first-order chi connectivity index (χ1) is 10.1. The maximum atomic E-state index is 12.1. The number of carbonyl (C=O) groups excluding carboxylic acids is 1. The van der Waals surface area contributed by atoms with Gasteiger partial charge in [0.1, 0.15) is 5.54 Å². The first-order valence-electron chi connectivity index (χ1n) is 7.66. The summed E-state index contributed by atoms with van der Waals surface area (Å²) in [4.78, 5) is 12.1. The fourth-order valence-electron chi connectivity index (χ4n) is 3.28. The predicted octanol–water partition coefficient (Wildman–Crippen LogP) is 3.07. The van der Waals surface area contributed by atoms with Crippen LogP contribution in [-0.4, -0.2) is 11.9 Å². The number of fused-ring (bicyclic) bond motifs is 1. The van der Waals surface area contributed by atoms with E-state index in [0.29, 0.717) is 6.04 Å². The second-order valence-electron chi connectivity index (χ2n) is 6.18. The van der Waals surface area contributed by atoms with E-state index in [-0.39, 0.29) is 5.91 Å². The molecule has 1 amide bonds. The molecule has 3 rings (SSSR count). The minimum absolute atomic E-state index is 0.315. The Balaban J connectivity index is 1.99. The van der Waals surface area contributed by atoms with Gasteiger partial charge in [-0.25, -0.2) is 0 Å². The van der Waals surface area contributed by atoms with Crippen LogP contribution in [0.3, 0.4) is 0 Å². The molecule has 0 aliphatic heterocycles. The molecular weight excluding hydrogens is 260 g/mol. The predicted molar refractivity (Wildman–Crippen MR) is 85.9 cm³/mol. The number of benzene rings is 2. The van der Waals surface area contributed by atoms with E-state index in [1.165, 1.54) is 18.2 Å². The number of hydrogen-bond acceptors (Lipinski definition) is 2. The molecule has 3 heteroatoms. The van der Waals surface area contributed by atoms with E-state index in [2.05, 4.69) is 29.6 Å². The normalized spacial score (nSPS) is 18.7. The summed E-state index contributed by atoms with van der Waals surface area (Å²) in [7, 11) is 0. The molecule has 110 valence electrons. The van der Waals surface area contributed by atoms with Crippen molar-refractivity contribution in [3.63, 3.8) is 0 Å². The van der Waals surface area contributed by atoms with Crippen LogP contribution in [0.15, 0.2) is 42.5 Å². The molecule has 0 aromatic heterocycles. The number of hydrogen-bond donors (Lipinski definition) is 2. The van der Waals surface area contributed by atoms with Crippen LogP contribution in [0.25, 0.3) is 10.8 Å². The molecule has 0 bridgehead atoms. The summed E-state index contributed by atoms with van der Waals surface area (Å²) in [6.07, 6.45) is 4.70. The standard InChI is InChI=1S/C18H22N2O/c1-18(17(19)21,20-16-8-4-5-9-16)15-11-10-13-6-2-3-7-14(13)12-15/h2-3,6-7,10-12,16,20H,4-5,8-9H2,1H3,(H2,19,21). The van der Waals surface area contributed by atoms with E-state index >= 15 is 0 Å². The topological polar surface area (TPSA) is 55.1 Å². The zero-order chi connectivity index (χ0) is 14.9. The third-order valence-electron chi connectivity index (χ3n) is 4.67. The lowest BCUT2D eigenvalue weighted by Crippen LogP contribution is -2.53. The van der Waals surface area contributed by atoms with E-state index in [4.69, 9.17) is 5.73 Å². The second kappa shape index (κ2) is 5.49. The molecule has 1 saturated carbocycles. The monoisotopic (exact) mass is 282 g/mol. The first-order valence-corrected chi connectivity index (χ1v) is 7.66. The third kappa shape index (κ3) is 2.66. The Hall–Kier alpha value is -1.87. The van der Waals surface area contributed by atoms with Crippen molar-refractivity contribution in [1.82, 2.24) is 5.32 Å². The number of nitrogens with one attached hydrogen (secondary N) is 1. The van der Waals surface area contributed by atoms with E-state index in [1.54, 1.807) is 0 Å². The lowest BCUT2D eigenvalue weighted by Gasteiger charge is -2.31. The van der Waals surface area contributed by atoms with Crippen LogP contribution in [0.5, 0.6) is 0 Å². The van der Waals surface area contributed by atoms with Crippen LogP contribution in [0.2, 0.25) is 0 Å². The molecule has 21 heavy (non-hydrogen) atoms. The summed E-state index contributed by atoms with van der Waals surface area (Å²) in [5.74, 6) is -0.315. The van der Waals surface area contributed by atoms with E-state index < -0.39 is 5.54 Å². The second-order valence-corrected chi connectivity index (χ2v) is 6.18. The van der Waals surface area contributed by atoms with Gasteiger partial charge in [0, 0.05) is 6.04 Å². The van der Waals surface area contributed by atoms with Gasteiger partial charge in [-0.05, 0) is 42.2 Å². The van der Waals surface area contributed by atoms with Crippen LogP contribution in [0.1, 0.15) is 38.2 Å². The highest BCUT2D eigenvalue weighted by molar-refractivity contribution is 5.89. The van der Waals surface area contributed by atoms with Crippen molar-refractivity contribution in [2.24, 2.45) is 5.73 Å². The summed E-state index contributed by atoms with van der Waals surface area (Å²) in [5, 5.41) is 5.81. The average molecular weight is 282 g/mol. The smallest absolute Gasteiger partial charge is 0.242 e. The molecule has 0 spiro atoms. The molecule has 1 unspecified atom stereocenters. The summed E-state index contributed by atoms with van der Waals surface area (Å²) >= 11 is 0. The van der Waals surface area contributed by atoms with E-state index in [9.17, 15) is 4.79 Å². The molecule has 1 fully saturated rings. The van der Waals surface area contributed by atoms with Gasteiger partial charge in [-0.3, -0.25) is 10.1 Å². The summed E-state index contributed by atoms with van der Waals surface area (Å²) in [5.41, 5.74) is 5.86. The Morgan fingerprint density at radius 3 is 2.48 bits per heavy atom. The SMILES string of the molecule is CC(NC1CCCC1)(C(N)=O)c1ccc2ccccc2c1. The van der Waals surface area contributed by atoms with Gasteiger partial charge in [0.15, 0.2) is 0 Å². The van der Waals surface area contributed by atoms with Crippen molar-refractivity contribution in [2.45, 2.75) is 44.2 Å². The Morgan fingerprint density at radius 2 is 1.81 bits per heavy atom. The Kier molecular flexibility index (Phi) is 3.68. The lowest BCUT2D eigenvalue weighted by atomic mass is 9.88. The molecule has 3 N–H and O–H groups in total. The molecule has 1 aliphatic carbocycles. The van der Waals surface area contributed by atoms with Gasteiger partial charge in [-0.2, -0.15) is 0 Å². The Morgan fingerprint density at radius 1 is 1.14 bits per heavy atom. The maximum absolute atomic E-state index is 12.1. The molecule has 3 nitrogen and oxygen atoms in total. The van der Waals surface area contributed by atoms with Crippen LogP contribution >= 0.6 is 0 Å². The molecule has 0 heterocycles. The van der Waals surface area contributed by atoms with Crippen molar-refractivity contribution in [3.8, 4) is 0 Å². The largest absolute Gasteiger partial charge is 0.368 e. The zero-order valence-corrected chi connectivity index (χ0v) is 12.4. The average Bonchev–Trinajstić information content (AvgIpc) is 2.99. The lowest BCUT2D eigenvalue weighted by molar-refractivity contribution is -0.124. The number of primary amides is 1.